The number of aliphatic hydroxyl groups excluding tert-OH is 8. The molecule has 23 heavy (non-hydrogen) atoms. The molecule has 8 N–H and O–H groups in total. The average Bonchev–Trinajstić information content (AvgIpc) is 2.51. The maximum atomic E-state index is 9.09. The van der Waals surface area contributed by atoms with Crippen LogP contribution in [0.1, 0.15) is 0 Å². The van der Waals surface area contributed by atoms with E-state index in [1.54, 1.807) is 0 Å². The molecular formula is C12H22O10Y-2. The van der Waals surface area contributed by atoms with E-state index in [0.717, 1.165) is 13.2 Å². The molecular weight excluding hydrogens is 393 g/mol. The maximum Gasteiger partial charge on any atom is 0.105 e. The van der Waals surface area contributed by atoms with Crippen LogP contribution in [0.15, 0.2) is 0 Å². The van der Waals surface area contributed by atoms with Crippen LogP contribution >= 0.6 is 0 Å². The van der Waals surface area contributed by atoms with Gasteiger partial charge in [0.25, 0.3) is 0 Å². The summed E-state index contributed by atoms with van der Waals surface area (Å²) < 4.78 is 9.37. The van der Waals surface area contributed by atoms with Gasteiger partial charge in [-0.1, -0.05) is 0 Å². The fraction of sp³-hybridized carbons (Fsp3) is 0.833. The standard InChI is InChI=1S/2C6H11O5.Y/c2*7-1-4-6(10)5(9)3(8)2-11-4;/h2*2-10H,1H2;/q2*-1;/t2*3?,4?,5-,6-;/m11./s1. The van der Waals surface area contributed by atoms with Gasteiger partial charge >= 0.3 is 0 Å². The summed E-state index contributed by atoms with van der Waals surface area (Å²) in [7, 11) is 0. The maximum absolute atomic E-state index is 9.09. The summed E-state index contributed by atoms with van der Waals surface area (Å²) in [6.45, 7) is 1.22. The molecule has 2 aliphatic heterocycles. The van der Waals surface area contributed by atoms with Crippen molar-refractivity contribution in [2.75, 3.05) is 13.2 Å². The zero-order chi connectivity index (χ0) is 16.9. The molecule has 11 heteroatoms. The van der Waals surface area contributed by atoms with Crippen molar-refractivity contribution in [3.8, 4) is 0 Å². The van der Waals surface area contributed by atoms with E-state index in [1.807, 2.05) is 0 Å². The first-order valence-corrected chi connectivity index (χ1v) is 6.61. The topological polar surface area (TPSA) is 180 Å². The molecule has 2 fully saturated rings. The summed E-state index contributed by atoms with van der Waals surface area (Å²) in [5.74, 6) is 0. The van der Waals surface area contributed by atoms with Crippen molar-refractivity contribution in [1.82, 2.24) is 0 Å². The minimum atomic E-state index is -1.28. The SMILES string of the molecule is OCC1O[CH-]C(O)[C@@H](O)[C@@H]1O.OCC1O[CH-]C(O)[C@@H](O)[C@@H]1O.[Y]. The normalized spacial score (nSPS) is 43.8. The van der Waals surface area contributed by atoms with Gasteiger partial charge < -0.3 is 50.3 Å². The van der Waals surface area contributed by atoms with Gasteiger partial charge in [-0.3, -0.25) is 0 Å². The Morgan fingerprint density at radius 2 is 0.913 bits per heavy atom. The largest absolute Gasteiger partial charge is 0.544 e. The van der Waals surface area contributed by atoms with Crippen LogP contribution in [0.2, 0.25) is 0 Å². The van der Waals surface area contributed by atoms with Gasteiger partial charge in [0.05, 0.1) is 37.6 Å². The van der Waals surface area contributed by atoms with Gasteiger partial charge in [-0.2, -0.15) is 13.2 Å². The fourth-order valence-electron chi connectivity index (χ4n) is 1.83. The molecule has 0 aliphatic carbocycles. The Morgan fingerprint density at radius 1 is 0.609 bits per heavy atom. The third-order valence-corrected chi connectivity index (χ3v) is 3.31. The molecule has 0 saturated carbocycles. The second-order valence-corrected chi connectivity index (χ2v) is 4.93. The summed E-state index contributed by atoms with van der Waals surface area (Å²) in [5, 5.41) is 71.2. The summed E-state index contributed by atoms with van der Waals surface area (Å²) in [6, 6.07) is 0. The number of aliphatic hydroxyl groups is 8. The fourth-order valence-corrected chi connectivity index (χ4v) is 1.83. The van der Waals surface area contributed by atoms with Gasteiger partial charge in [-0.05, 0) is 12.2 Å². The van der Waals surface area contributed by atoms with Crippen molar-refractivity contribution in [2.45, 2.75) is 48.8 Å². The predicted octanol–water partition coefficient (Wildman–Crippen LogP) is -4.76. The van der Waals surface area contributed by atoms with E-state index >= 15 is 0 Å². The second-order valence-electron chi connectivity index (χ2n) is 4.93. The van der Waals surface area contributed by atoms with Crippen molar-refractivity contribution in [3.63, 3.8) is 0 Å². The molecule has 0 aromatic rings. The van der Waals surface area contributed by atoms with Crippen LogP contribution in [0.3, 0.4) is 0 Å². The number of hydrogen-bond acceptors (Lipinski definition) is 10. The minimum absolute atomic E-state index is 0. The van der Waals surface area contributed by atoms with Gasteiger partial charge in [0.1, 0.15) is 12.2 Å². The van der Waals surface area contributed by atoms with Gasteiger partial charge in [0.2, 0.25) is 0 Å². The molecule has 0 aromatic carbocycles. The van der Waals surface area contributed by atoms with Gasteiger partial charge in [-0.25, -0.2) is 0 Å². The molecule has 2 rings (SSSR count). The van der Waals surface area contributed by atoms with E-state index < -0.39 is 48.8 Å². The van der Waals surface area contributed by atoms with Crippen LogP contribution in [0.5, 0.6) is 0 Å². The molecule has 0 spiro atoms. The summed E-state index contributed by atoms with van der Waals surface area (Å²) in [4.78, 5) is 0. The third-order valence-electron chi connectivity index (χ3n) is 3.31. The molecule has 2 heterocycles. The molecule has 0 aromatic heterocycles. The van der Waals surface area contributed by atoms with E-state index in [1.165, 1.54) is 0 Å². The first-order valence-electron chi connectivity index (χ1n) is 6.61. The first kappa shape index (κ1) is 23.7. The number of ether oxygens (including phenoxy) is 2. The van der Waals surface area contributed by atoms with E-state index in [0.29, 0.717) is 0 Å². The third kappa shape index (κ3) is 6.50. The van der Waals surface area contributed by atoms with Crippen LogP contribution in [0.25, 0.3) is 0 Å². The quantitative estimate of drug-likeness (QED) is 0.204. The molecule has 1 radical (unpaired) electrons. The molecule has 8 atom stereocenters. The molecule has 0 bridgehead atoms. The van der Waals surface area contributed by atoms with Gasteiger partial charge in [0, 0.05) is 32.7 Å². The monoisotopic (exact) mass is 415 g/mol. The van der Waals surface area contributed by atoms with Crippen LogP contribution in [0.4, 0.5) is 0 Å². The Morgan fingerprint density at radius 3 is 1.17 bits per heavy atom. The molecule has 2 saturated heterocycles. The molecule has 4 unspecified atom stereocenters. The molecule has 135 valence electrons. The van der Waals surface area contributed by atoms with Crippen LogP contribution in [-0.2, 0) is 42.2 Å². The van der Waals surface area contributed by atoms with Crippen molar-refractivity contribution >= 4 is 0 Å². The summed E-state index contributed by atoms with van der Waals surface area (Å²) in [6.07, 6.45) is -9.08. The Bertz CT molecular complexity index is 288. The first-order chi connectivity index (χ1) is 10.3. The predicted molar refractivity (Wildman–Crippen MR) is 68.6 cm³/mol. The van der Waals surface area contributed by atoms with E-state index in [2.05, 4.69) is 9.47 Å². The Labute approximate surface area is 158 Å². The van der Waals surface area contributed by atoms with Crippen LogP contribution < -0.4 is 0 Å². The molecule has 2 aliphatic rings. The van der Waals surface area contributed by atoms with Crippen molar-refractivity contribution in [1.29, 1.82) is 0 Å². The van der Waals surface area contributed by atoms with Gasteiger partial charge in [-0.15, -0.1) is 0 Å². The van der Waals surface area contributed by atoms with Crippen molar-refractivity contribution < 1.29 is 83.0 Å². The molecule has 10 nitrogen and oxygen atoms in total. The van der Waals surface area contributed by atoms with Crippen molar-refractivity contribution in [2.24, 2.45) is 0 Å². The summed E-state index contributed by atoms with van der Waals surface area (Å²) >= 11 is 0. The van der Waals surface area contributed by atoms with E-state index in [9.17, 15) is 0 Å². The second kappa shape index (κ2) is 11.3. The van der Waals surface area contributed by atoms with Gasteiger partial charge in [0.15, 0.2) is 0 Å². The Hall–Kier alpha value is 0.704. The Balaban J connectivity index is 0.000000403. The average molecular weight is 415 g/mol. The number of hydrogen-bond donors (Lipinski definition) is 8. The van der Waals surface area contributed by atoms with E-state index in [4.69, 9.17) is 40.9 Å². The zero-order valence-electron chi connectivity index (χ0n) is 12.2. The molecule has 0 amide bonds. The Kier molecular flexibility index (Phi) is 11.7. The number of rotatable bonds is 2. The van der Waals surface area contributed by atoms with Crippen LogP contribution in [0, 0.1) is 13.2 Å². The smallest absolute Gasteiger partial charge is 0.105 e. The minimum Gasteiger partial charge on any atom is -0.544 e. The summed E-state index contributed by atoms with van der Waals surface area (Å²) in [5.41, 5.74) is 0. The van der Waals surface area contributed by atoms with Crippen LogP contribution in [-0.4, -0.2) is 103 Å². The van der Waals surface area contributed by atoms with Crippen molar-refractivity contribution in [3.05, 3.63) is 13.2 Å². The van der Waals surface area contributed by atoms with E-state index in [-0.39, 0.29) is 45.9 Å². The zero-order valence-corrected chi connectivity index (χ0v) is 15.0.